The van der Waals surface area contributed by atoms with E-state index < -0.39 is 0 Å². The molecule has 1 amide bonds. The Morgan fingerprint density at radius 1 is 0.933 bits per heavy atom. The molecule has 0 aliphatic rings. The van der Waals surface area contributed by atoms with Crippen LogP contribution in [0.25, 0.3) is 0 Å². The number of halogens is 1. The molecule has 7 heteroatoms. The van der Waals surface area contributed by atoms with Crippen LogP contribution in [0.15, 0.2) is 72.8 Å². The molecule has 0 saturated heterocycles. The molecule has 30 heavy (non-hydrogen) atoms. The quantitative estimate of drug-likeness (QED) is 0.480. The fourth-order valence-corrected chi connectivity index (χ4v) is 3.16. The molecule has 0 heterocycles. The molecule has 0 unspecified atom stereocenters. The van der Waals surface area contributed by atoms with Crippen LogP contribution in [-0.2, 0) is 0 Å². The molecule has 3 aromatic carbocycles. The largest absolute Gasteiger partial charge is 0.496 e. The zero-order valence-corrected chi connectivity index (χ0v) is 17.4. The Labute approximate surface area is 180 Å². The van der Waals surface area contributed by atoms with Crippen molar-refractivity contribution in [3.8, 4) is 5.75 Å². The van der Waals surface area contributed by atoms with Crippen LogP contribution >= 0.6 is 12.2 Å². The van der Waals surface area contributed by atoms with Crippen molar-refractivity contribution in [3.63, 3.8) is 0 Å². The maximum Gasteiger partial charge on any atom is 0.259 e. The molecule has 0 aromatic heterocycles. The fourth-order valence-electron chi connectivity index (χ4n) is 2.87. The number of anilines is 2. The summed E-state index contributed by atoms with van der Waals surface area (Å²) in [5.41, 5.74) is 2.81. The van der Waals surface area contributed by atoms with Gasteiger partial charge in [0.15, 0.2) is 5.11 Å². The van der Waals surface area contributed by atoms with Gasteiger partial charge in [0.2, 0.25) is 0 Å². The highest BCUT2D eigenvalue weighted by Crippen LogP contribution is 2.20. The van der Waals surface area contributed by atoms with Crippen LogP contribution in [0.2, 0.25) is 0 Å². The van der Waals surface area contributed by atoms with Gasteiger partial charge in [-0.25, -0.2) is 4.39 Å². The second-order valence-electron chi connectivity index (χ2n) is 6.60. The van der Waals surface area contributed by atoms with Crippen LogP contribution in [-0.4, -0.2) is 18.1 Å². The fraction of sp³-hybridized carbons (Fsp3) is 0.130. The summed E-state index contributed by atoms with van der Waals surface area (Å²) in [4.78, 5) is 12.5. The lowest BCUT2D eigenvalue weighted by Crippen LogP contribution is -2.30. The van der Waals surface area contributed by atoms with E-state index in [0.29, 0.717) is 22.1 Å². The highest BCUT2D eigenvalue weighted by Gasteiger charge is 2.12. The van der Waals surface area contributed by atoms with E-state index in [1.54, 1.807) is 42.5 Å². The minimum Gasteiger partial charge on any atom is -0.496 e. The van der Waals surface area contributed by atoms with Crippen LogP contribution in [0.4, 0.5) is 15.8 Å². The zero-order valence-electron chi connectivity index (χ0n) is 16.6. The Bertz CT molecular complexity index is 1020. The molecular formula is C23H22FN3O2S. The molecule has 5 nitrogen and oxygen atoms in total. The van der Waals surface area contributed by atoms with Crippen molar-refractivity contribution in [2.75, 3.05) is 17.7 Å². The summed E-state index contributed by atoms with van der Waals surface area (Å²) < 4.78 is 18.3. The predicted octanol–water partition coefficient (Wildman–Crippen LogP) is 5.13. The zero-order chi connectivity index (χ0) is 21.5. The van der Waals surface area contributed by atoms with Crippen molar-refractivity contribution in [1.82, 2.24) is 5.32 Å². The number of amides is 1. The Kier molecular flexibility index (Phi) is 6.98. The number of para-hydroxylation sites is 1. The van der Waals surface area contributed by atoms with Crippen molar-refractivity contribution < 1.29 is 13.9 Å². The summed E-state index contributed by atoms with van der Waals surface area (Å²) >= 11 is 5.35. The minimum atomic E-state index is -0.274. The number of ether oxygens (including phenoxy) is 1. The van der Waals surface area contributed by atoms with E-state index in [2.05, 4.69) is 16.0 Å². The molecule has 0 radical (unpaired) electrons. The van der Waals surface area contributed by atoms with Gasteiger partial charge in [-0.1, -0.05) is 24.3 Å². The smallest absolute Gasteiger partial charge is 0.259 e. The topological polar surface area (TPSA) is 62.4 Å². The first-order valence-corrected chi connectivity index (χ1v) is 9.74. The second-order valence-corrected chi connectivity index (χ2v) is 7.01. The minimum absolute atomic E-state index is 0.0787. The molecule has 1 atom stereocenters. The average Bonchev–Trinajstić information content (AvgIpc) is 2.75. The van der Waals surface area contributed by atoms with Gasteiger partial charge in [0, 0.05) is 11.4 Å². The van der Waals surface area contributed by atoms with E-state index in [-0.39, 0.29) is 17.8 Å². The monoisotopic (exact) mass is 423 g/mol. The third-order valence-electron chi connectivity index (χ3n) is 4.47. The molecule has 0 fully saturated rings. The Hall–Kier alpha value is -3.45. The van der Waals surface area contributed by atoms with E-state index in [9.17, 15) is 9.18 Å². The van der Waals surface area contributed by atoms with Crippen molar-refractivity contribution in [2.45, 2.75) is 13.0 Å². The van der Waals surface area contributed by atoms with Crippen molar-refractivity contribution >= 4 is 34.6 Å². The number of rotatable bonds is 6. The molecular weight excluding hydrogens is 401 g/mol. The summed E-state index contributed by atoms with van der Waals surface area (Å²) in [6.45, 7) is 1.94. The van der Waals surface area contributed by atoms with Crippen molar-refractivity contribution in [3.05, 3.63) is 89.7 Å². The third-order valence-corrected chi connectivity index (χ3v) is 4.69. The molecule has 0 aliphatic heterocycles. The summed E-state index contributed by atoms with van der Waals surface area (Å²) in [5, 5.41) is 9.55. The lowest BCUT2D eigenvalue weighted by Gasteiger charge is -2.17. The first kappa shape index (κ1) is 21.3. The van der Waals surface area contributed by atoms with Crippen LogP contribution in [0.5, 0.6) is 5.75 Å². The van der Waals surface area contributed by atoms with Crippen molar-refractivity contribution in [2.24, 2.45) is 0 Å². The van der Waals surface area contributed by atoms with Gasteiger partial charge in [0.1, 0.15) is 11.6 Å². The Morgan fingerprint density at radius 2 is 1.53 bits per heavy atom. The number of hydrogen-bond donors (Lipinski definition) is 3. The van der Waals surface area contributed by atoms with Crippen LogP contribution < -0.4 is 20.7 Å². The maximum absolute atomic E-state index is 13.1. The van der Waals surface area contributed by atoms with E-state index in [1.165, 1.54) is 19.2 Å². The number of methoxy groups -OCH3 is 1. The molecule has 3 aromatic rings. The molecule has 0 saturated carbocycles. The Balaban J connectivity index is 1.57. The van der Waals surface area contributed by atoms with Gasteiger partial charge in [-0.15, -0.1) is 0 Å². The van der Waals surface area contributed by atoms with Gasteiger partial charge in [0.25, 0.3) is 5.91 Å². The standard InChI is InChI=1S/C23H22FN3O2S/c1-15(16-7-9-17(24)10-8-16)25-23(30)27-19-13-11-18(12-14-19)26-22(28)20-5-3-4-6-21(20)29-2/h3-15H,1-2H3,(H,26,28)(H2,25,27,30)/t15-/m0/s1. The Morgan fingerprint density at radius 3 is 2.17 bits per heavy atom. The first-order valence-electron chi connectivity index (χ1n) is 9.33. The van der Waals surface area contributed by atoms with Gasteiger partial charge in [-0.3, -0.25) is 4.79 Å². The third kappa shape index (κ3) is 5.55. The van der Waals surface area contributed by atoms with Gasteiger partial charge in [-0.05, 0) is 73.2 Å². The second kappa shape index (κ2) is 9.84. The first-order chi connectivity index (χ1) is 14.5. The average molecular weight is 424 g/mol. The molecule has 3 N–H and O–H groups in total. The van der Waals surface area contributed by atoms with Gasteiger partial charge < -0.3 is 20.7 Å². The maximum atomic E-state index is 13.1. The van der Waals surface area contributed by atoms with Crippen LogP contribution in [0, 0.1) is 5.82 Å². The summed E-state index contributed by atoms with van der Waals surface area (Å²) in [6.07, 6.45) is 0. The summed E-state index contributed by atoms with van der Waals surface area (Å²) in [7, 11) is 1.53. The number of benzene rings is 3. The number of carbonyl (C=O) groups is 1. The highest BCUT2D eigenvalue weighted by molar-refractivity contribution is 7.80. The van der Waals surface area contributed by atoms with Gasteiger partial charge in [0.05, 0.1) is 18.7 Å². The number of hydrogen-bond acceptors (Lipinski definition) is 3. The molecule has 0 bridgehead atoms. The van der Waals surface area contributed by atoms with Crippen LogP contribution in [0.1, 0.15) is 28.9 Å². The van der Waals surface area contributed by atoms with Gasteiger partial charge in [-0.2, -0.15) is 0 Å². The summed E-state index contributed by atoms with van der Waals surface area (Å²) in [5.74, 6) is -0.0111. The van der Waals surface area contributed by atoms with E-state index in [4.69, 9.17) is 17.0 Å². The SMILES string of the molecule is COc1ccccc1C(=O)Nc1ccc(NC(=S)N[C@@H](C)c2ccc(F)cc2)cc1. The number of nitrogens with one attached hydrogen (secondary N) is 3. The molecule has 0 spiro atoms. The molecule has 3 rings (SSSR count). The predicted molar refractivity (Wildman–Crippen MR) is 122 cm³/mol. The van der Waals surface area contributed by atoms with E-state index in [0.717, 1.165) is 11.3 Å². The highest BCUT2D eigenvalue weighted by atomic mass is 32.1. The molecule has 154 valence electrons. The normalized spacial score (nSPS) is 11.3. The van der Waals surface area contributed by atoms with E-state index in [1.807, 2.05) is 25.1 Å². The van der Waals surface area contributed by atoms with Crippen LogP contribution in [0.3, 0.4) is 0 Å². The molecule has 0 aliphatic carbocycles. The lowest BCUT2D eigenvalue weighted by atomic mass is 10.1. The van der Waals surface area contributed by atoms with Gasteiger partial charge >= 0.3 is 0 Å². The number of carbonyl (C=O) groups excluding carboxylic acids is 1. The lowest BCUT2D eigenvalue weighted by molar-refractivity contribution is 0.102. The number of thiocarbonyl (C=S) groups is 1. The summed E-state index contributed by atoms with van der Waals surface area (Å²) in [6, 6.07) is 20.4. The van der Waals surface area contributed by atoms with Crippen molar-refractivity contribution in [1.29, 1.82) is 0 Å². The van der Waals surface area contributed by atoms with E-state index >= 15 is 0 Å².